The predicted octanol–water partition coefficient (Wildman–Crippen LogP) is 3.85. The first-order chi connectivity index (χ1) is 12.1. The third-order valence-electron chi connectivity index (χ3n) is 5.59. The summed E-state index contributed by atoms with van der Waals surface area (Å²) in [6.07, 6.45) is 3.83. The molecule has 0 radical (unpaired) electrons. The predicted molar refractivity (Wildman–Crippen MR) is 102 cm³/mol. The quantitative estimate of drug-likeness (QED) is 0.647. The van der Waals surface area contributed by atoms with Crippen LogP contribution >= 0.6 is 12.4 Å². The Kier molecular flexibility index (Phi) is 5.65. The second-order valence-electron chi connectivity index (χ2n) is 7.28. The van der Waals surface area contributed by atoms with E-state index in [0.717, 1.165) is 49.8 Å². The van der Waals surface area contributed by atoms with Crippen molar-refractivity contribution in [3.63, 3.8) is 0 Å². The van der Waals surface area contributed by atoms with Crippen LogP contribution in [0, 0.1) is 15.5 Å². The summed E-state index contributed by atoms with van der Waals surface area (Å²) >= 11 is 0. The van der Waals surface area contributed by atoms with Crippen molar-refractivity contribution in [2.75, 3.05) is 26.2 Å². The fourth-order valence-corrected chi connectivity index (χ4v) is 4.11. The van der Waals surface area contributed by atoms with Gasteiger partial charge in [0, 0.05) is 24.2 Å². The third-order valence-corrected chi connectivity index (χ3v) is 5.59. The topological polar surface area (TPSA) is 71.6 Å². The molecule has 4 rings (SSSR count). The Morgan fingerprint density at radius 2 is 1.85 bits per heavy atom. The molecule has 2 aliphatic heterocycles. The first-order valence-electron chi connectivity index (χ1n) is 8.90. The van der Waals surface area contributed by atoms with Crippen LogP contribution in [0.1, 0.15) is 25.0 Å². The van der Waals surface area contributed by atoms with Crippen LogP contribution in [0.2, 0.25) is 0 Å². The van der Waals surface area contributed by atoms with E-state index in [1.165, 1.54) is 31.4 Å². The summed E-state index contributed by atoms with van der Waals surface area (Å²) in [5.74, 6) is 1.72. The minimum absolute atomic E-state index is 0. The highest BCUT2D eigenvalue weighted by atomic mass is 35.5. The lowest BCUT2D eigenvalue weighted by molar-refractivity contribution is -0.384. The van der Waals surface area contributed by atoms with Crippen molar-refractivity contribution in [2.24, 2.45) is 5.41 Å². The molecule has 2 aromatic rings. The van der Waals surface area contributed by atoms with Crippen LogP contribution in [0.15, 0.2) is 40.8 Å². The van der Waals surface area contributed by atoms with Gasteiger partial charge in [-0.1, -0.05) is 0 Å². The zero-order valence-corrected chi connectivity index (χ0v) is 15.5. The van der Waals surface area contributed by atoms with Gasteiger partial charge in [-0.15, -0.1) is 12.4 Å². The molecular weight excluding hydrogens is 354 g/mol. The van der Waals surface area contributed by atoms with Gasteiger partial charge < -0.3 is 9.73 Å². The Morgan fingerprint density at radius 1 is 1.12 bits per heavy atom. The molecule has 1 aromatic heterocycles. The van der Waals surface area contributed by atoms with Gasteiger partial charge in [0.25, 0.3) is 5.69 Å². The van der Waals surface area contributed by atoms with Crippen molar-refractivity contribution in [1.29, 1.82) is 0 Å². The third kappa shape index (κ3) is 3.92. The SMILES string of the molecule is Cl.O=[N+]([O-])c1ccc(-c2ccc(CN3CCC4(CCNCC4)C3)o2)cc1. The van der Waals surface area contributed by atoms with E-state index >= 15 is 0 Å². The molecule has 0 bridgehead atoms. The molecule has 1 aromatic carbocycles. The molecule has 0 atom stereocenters. The van der Waals surface area contributed by atoms with Crippen LogP contribution < -0.4 is 5.32 Å². The lowest BCUT2D eigenvalue weighted by Crippen LogP contribution is -2.38. The van der Waals surface area contributed by atoms with Crippen molar-refractivity contribution in [2.45, 2.75) is 25.8 Å². The highest BCUT2D eigenvalue weighted by molar-refractivity contribution is 5.85. The number of non-ortho nitro benzene ring substituents is 1. The van der Waals surface area contributed by atoms with Gasteiger partial charge >= 0.3 is 0 Å². The molecule has 0 saturated carbocycles. The van der Waals surface area contributed by atoms with Gasteiger partial charge in [0.15, 0.2) is 0 Å². The summed E-state index contributed by atoms with van der Waals surface area (Å²) in [7, 11) is 0. The molecule has 6 nitrogen and oxygen atoms in total. The van der Waals surface area contributed by atoms with E-state index in [9.17, 15) is 10.1 Å². The Hall–Kier alpha value is -1.89. The molecule has 0 unspecified atom stereocenters. The highest BCUT2D eigenvalue weighted by Gasteiger charge is 2.38. The first kappa shape index (κ1) is 18.9. The monoisotopic (exact) mass is 377 g/mol. The Balaban J connectivity index is 0.00000196. The van der Waals surface area contributed by atoms with E-state index in [4.69, 9.17) is 4.42 Å². The number of nitro benzene ring substituents is 1. The summed E-state index contributed by atoms with van der Waals surface area (Å²) in [5, 5.41) is 14.2. The van der Waals surface area contributed by atoms with Crippen LogP contribution in [0.4, 0.5) is 5.69 Å². The van der Waals surface area contributed by atoms with Gasteiger partial charge in [-0.2, -0.15) is 0 Å². The first-order valence-corrected chi connectivity index (χ1v) is 8.90. The second-order valence-corrected chi connectivity index (χ2v) is 7.28. The number of hydrogen-bond donors (Lipinski definition) is 1. The largest absolute Gasteiger partial charge is 0.460 e. The molecule has 2 fully saturated rings. The zero-order chi connectivity index (χ0) is 17.3. The van der Waals surface area contributed by atoms with Crippen molar-refractivity contribution in [3.8, 4) is 11.3 Å². The molecule has 140 valence electrons. The molecule has 1 spiro atoms. The van der Waals surface area contributed by atoms with E-state index in [2.05, 4.69) is 10.2 Å². The summed E-state index contributed by atoms with van der Waals surface area (Å²) in [6.45, 7) is 5.40. The number of furan rings is 1. The highest BCUT2D eigenvalue weighted by Crippen LogP contribution is 2.39. The fraction of sp³-hybridized carbons (Fsp3) is 0.474. The molecule has 2 aliphatic rings. The van der Waals surface area contributed by atoms with E-state index in [1.54, 1.807) is 12.1 Å². The maximum absolute atomic E-state index is 10.7. The number of halogens is 1. The van der Waals surface area contributed by atoms with E-state index in [-0.39, 0.29) is 23.0 Å². The number of nitrogens with one attached hydrogen (secondary N) is 1. The normalized spacial score (nSPS) is 19.4. The smallest absolute Gasteiger partial charge is 0.269 e. The van der Waals surface area contributed by atoms with Crippen LogP contribution in [0.5, 0.6) is 0 Å². The summed E-state index contributed by atoms with van der Waals surface area (Å²) in [4.78, 5) is 12.8. The molecule has 26 heavy (non-hydrogen) atoms. The molecule has 1 N–H and O–H groups in total. The summed E-state index contributed by atoms with van der Waals surface area (Å²) < 4.78 is 5.98. The lowest BCUT2D eigenvalue weighted by atomic mass is 9.78. The Morgan fingerprint density at radius 3 is 2.54 bits per heavy atom. The molecular formula is C19H24ClN3O3. The number of nitrogens with zero attached hydrogens (tertiary/aromatic N) is 2. The molecule has 2 saturated heterocycles. The average molecular weight is 378 g/mol. The Bertz CT molecular complexity index is 754. The number of benzene rings is 1. The minimum Gasteiger partial charge on any atom is -0.460 e. The van der Waals surface area contributed by atoms with Gasteiger partial charge in [-0.05, 0) is 68.6 Å². The molecule has 0 amide bonds. The number of hydrogen-bond acceptors (Lipinski definition) is 5. The van der Waals surface area contributed by atoms with Crippen LogP contribution in [-0.2, 0) is 6.54 Å². The number of nitro groups is 1. The van der Waals surface area contributed by atoms with Gasteiger partial charge in [-0.25, -0.2) is 0 Å². The van der Waals surface area contributed by atoms with E-state index in [1.807, 2.05) is 12.1 Å². The maximum atomic E-state index is 10.7. The van der Waals surface area contributed by atoms with Gasteiger partial charge in [0.05, 0.1) is 11.5 Å². The van der Waals surface area contributed by atoms with Crippen molar-refractivity contribution < 1.29 is 9.34 Å². The van der Waals surface area contributed by atoms with Crippen molar-refractivity contribution in [3.05, 3.63) is 52.3 Å². The fourth-order valence-electron chi connectivity index (χ4n) is 4.11. The minimum atomic E-state index is -0.388. The standard InChI is InChI=1S/C19H23N3O3.ClH/c23-22(24)16-3-1-15(2-4-16)18-6-5-17(25-18)13-21-12-9-19(14-21)7-10-20-11-8-19;/h1-6,20H,7-14H2;1H. The van der Waals surface area contributed by atoms with E-state index < -0.39 is 0 Å². The van der Waals surface area contributed by atoms with Crippen LogP contribution in [0.25, 0.3) is 11.3 Å². The summed E-state index contributed by atoms with van der Waals surface area (Å²) in [5.41, 5.74) is 1.46. The molecule has 0 aliphatic carbocycles. The number of piperidine rings is 1. The van der Waals surface area contributed by atoms with E-state index in [0.29, 0.717) is 5.41 Å². The number of likely N-dealkylation sites (tertiary alicyclic amines) is 1. The van der Waals surface area contributed by atoms with Crippen LogP contribution in [-0.4, -0.2) is 36.0 Å². The molecule has 3 heterocycles. The van der Waals surface area contributed by atoms with Crippen molar-refractivity contribution >= 4 is 18.1 Å². The second kappa shape index (κ2) is 7.78. The van der Waals surface area contributed by atoms with Gasteiger partial charge in [0.1, 0.15) is 11.5 Å². The van der Waals surface area contributed by atoms with Crippen LogP contribution in [0.3, 0.4) is 0 Å². The summed E-state index contributed by atoms with van der Waals surface area (Å²) in [6, 6.07) is 10.5. The average Bonchev–Trinajstić information content (AvgIpc) is 3.24. The molecule has 7 heteroatoms. The van der Waals surface area contributed by atoms with Gasteiger partial charge in [-0.3, -0.25) is 15.0 Å². The number of rotatable bonds is 4. The lowest BCUT2D eigenvalue weighted by Gasteiger charge is -2.33. The van der Waals surface area contributed by atoms with Gasteiger partial charge in [0.2, 0.25) is 0 Å². The zero-order valence-electron chi connectivity index (χ0n) is 14.6. The Labute approximate surface area is 159 Å². The maximum Gasteiger partial charge on any atom is 0.269 e. The van der Waals surface area contributed by atoms with Crippen molar-refractivity contribution in [1.82, 2.24) is 10.2 Å².